The van der Waals surface area contributed by atoms with Crippen LogP contribution in [0.1, 0.15) is 33.2 Å². The normalized spacial score (nSPS) is 10.5. The van der Waals surface area contributed by atoms with Crippen molar-refractivity contribution in [2.24, 2.45) is 0 Å². The van der Waals surface area contributed by atoms with Crippen molar-refractivity contribution < 1.29 is 14.3 Å². The largest absolute Gasteiger partial charge is 0.462 e. The Balaban J connectivity index is 1.79. The predicted octanol–water partition coefficient (Wildman–Crippen LogP) is 3.85. The van der Waals surface area contributed by atoms with Gasteiger partial charge in [-0.25, -0.2) is 9.48 Å². The molecule has 0 saturated heterocycles. The maximum absolute atomic E-state index is 12.5. The molecule has 0 radical (unpaired) electrons. The lowest BCUT2D eigenvalue weighted by Gasteiger charge is -2.10. The smallest absolute Gasteiger partial charge is 0.343 e. The number of carbonyl (C=O) groups is 2. The first-order valence-corrected chi connectivity index (χ1v) is 8.97. The van der Waals surface area contributed by atoms with Crippen LogP contribution in [0.2, 0.25) is 5.02 Å². The van der Waals surface area contributed by atoms with Gasteiger partial charge in [0.2, 0.25) is 0 Å². The standard InChI is InChI=1S/C20H19ClN4O3/c1-3-28-20(27)16-11-23-25(18(16)22)15-8-5-13(6-9-15)19(26)24-17-10-14(21)7-4-12(17)2/h4-11H,3,22H2,1-2H3,(H,24,26). The lowest BCUT2D eigenvalue weighted by molar-refractivity contribution is 0.0527. The summed E-state index contributed by atoms with van der Waals surface area (Å²) < 4.78 is 6.36. The van der Waals surface area contributed by atoms with Crippen molar-refractivity contribution in [1.29, 1.82) is 0 Å². The van der Waals surface area contributed by atoms with Crippen molar-refractivity contribution in [3.05, 3.63) is 70.4 Å². The van der Waals surface area contributed by atoms with Crippen molar-refractivity contribution in [3.8, 4) is 5.69 Å². The van der Waals surface area contributed by atoms with Gasteiger partial charge in [-0.15, -0.1) is 0 Å². The number of hydrogen-bond donors (Lipinski definition) is 2. The SMILES string of the molecule is CCOC(=O)c1cnn(-c2ccc(C(=O)Nc3cc(Cl)ccc3C)cc2)c1N. The molecule has 7 nitrogen and oxygen atoms in total. The van der Waals surface area contributed by atoms with Crippen LogP contribution >= 0.6 is 11.6 Å². The number of aryl methyl sites for hydroxylation is 1. The maximum Gasteiger partial charge on any atom is 0.343 e. The number of hydrogen-bond acceptors (Lipinski definition) is 5. The molecule has 1 heterocycles. The maximum atomic E-state index is 12.5. The highest BCUT2D eigenvalue weighted by Crippen LogP contribution is 2.22. The van der Waals surface area contributed by atoms with E-state index in [1.165, 1.54) is 10.9 Å². The molecule has 0 aliphatic carbocycles. The topological polar surface area (TPSA) is 99.2 Å². The van der Waals surface area contributed by atoms with Gasteiger partial charge < -0.3 is 15.8 Å². The molecular formula is C20H19ClN4O3. The van der Waals surface area contributed by atoms with Crippen molar-refractivity contribution in [1.82, 2.24) is 9.78 Å². The second-order valence-electron chi connectivity index (χ2n) is 6.04. The lowest BCUT2D eigenvalue weighted by atomic mass is 10.1. The molecule has 0 aliphatic rings. The number of nitrogens with two attached hydrogens (primary N) is 1. The summed E-state index contributed by atoms with van der Waals surface area (Å²) in [6, 6.07) is 12.0. The summed E-state index contributed by atoms with van der Waals surface area (Å²) in [6.07, 6.45) is 1.36. The molecule has 0 atom stereocenters. The number of esters is 1. The van der Waals surface area contributed by atoms with E-state index in [2.05, 4.69) is 10.4 Å². The van der Waals surface area contributed by atoms with Gasteiger partial charge in [0.15, 0.2) is 0 Å². The van der Waals surface area contributed by atoms with Gasteiger partial charge in [-0.1, -0.05) is 17.7 Å². The summed E-state index contributed by atoms with van der Waals surface area (Å²) >= 11 is 5.99. The monoisotopic (exact) mass is 398 g/mol. The average molecular weight is 399 g/mol. The molecule has 0 unspecified atom stereocenters. The van der Waals surface area contributed by atoms with Gasteiger partial charge >= 0.3 is 5.97 Å². The Bertz CT molecular complexity index is 1030. The molecule has 3 rings (SSSR count). The molecular weight excluding hydrogens is 380 g/mol. The Kier molecular flexibility index (Phi) is 5.65. The fourth-order valence-corrected chi connectivity index (χ4v) is 2.78. The Morgan fingerprint density at radius 1 is 1.21 bits per heavy atom. The highest BCUT2D eigenvalue weighted by atomic mass is 35.5. The van der Waals surface area contributed by atoms with E-state index in [0.29, 0.717) is 22.0 Å². The third-order valence-electron chi connectivity index (χ3n) is 4.12. The Labute approximate surface area is 167 Å². The molecule has 0 saturated carbocycles. The van der Waals surface area contributed by atoms with Gasteiger partial charge in [0.05, 0.1) is 18.5 Å². The Hall–Kier alpha value is -3.32. The van der Waals surface area contributed by atoms with Crippen LogP contribution < -0.4 is 11.1 Å². The minimum absolute atomic E-state index is 0.171. The van der Waals surface area contributed by atoms with E-state index >= 15 is 0 Å². The molecule has 0 bridgehead atoms. The van der Waals surface area contributed by atoms with Gasteiger partial charge in [0.25, 0.3) is 5.91 Å². The Morgan fingerprint density at radius 3 is 2.61 bits per heavy atom. The van der Waals surface area contributed by atoms with Gasteiger partial charge in [-0.2, -0.15) is 5.10 Å². The fourth-order valence-electron chi connectivity index (χ4n) is 2.61. The van der Waals surface area contributed by atoms with Crippen molar-refractivity contribution in [3.63, 3.8) is 0 Å². The van der Waals surface area contributed by atoms with Crippen LogP contribution in [0.15, 0.2) is 48.7 Å². The van der Waals surface area contributed by atoms with E-state index < -0.39 is 5.97 Å². The quantitative estimate of drug-likeness (QED) is 0.636. The lowest BCUT2D eigenvalue weighted by Crippen LogP contribution is -2.13. The Morgan fingerprint density at radius 2 is 1.93 bits per heavy atom. The highest BCUT2D eigenvalue weighted by Gasteiger charge is 2.17. The number of anilines is 2. The van der Waals surface area contributed by atoms with E-state index in [-0.39, 0.29) is 23.9 Å². The molecule has 1 aromatic heterocycles. The van der Waals surface area contributed by atoms with Crippen LogP contribution in [-0.4, -0.2) is 28.3 Å². The number of rotatable bonds is 5. The number of carbonyl (C=O) groups excluding carboxylic acids is 2. The predicted molar refractivity (Wildman–Crippen MR) is 108 cm³/mol. The molecule has 2 aromatic carbocycles. The van der Waals surface area contributed by atoms with Gasteiger partial charge in [0, 0.05) is 16.3 Å². The van der Waals surface area contributed by atoms with Crippen LogP contribution in [0, 0.1) is 6.92 Å². The number of benzene rings is 2. The molecule has 28 heavy (non-hydrogen) atoms. The minimum atomic E-state index is -0.529. The summed E-state index contributed by atoms with van der Waals surface area (Å²) in [5, 5.41) is 7.51. The summed E-state index contributed by atoms with van der Waals surface area (Å²) in [7, 11) is 0. The van der Waals surface area contributed by atoms with E-state index in [4.69, 9.17) is 22.1 Å². The molecule has 0 spiro atoms. The average Bonchev–Trinajstić information content (AvgIpc) is 3.06. The number of aromatic nitrogens is 2. The number of nitrogens with zero attached hydrogens (tertiary/aromatic N) is 2. The highest BCUT2D eigenvalue weighted by molar-refractivity contribution is 6.31. The summed E-state index contributed by atoms with van der Waals surface area (Å²) in [5.41, 5.74) is 8.83. The zero-order valence-electron chi connectivity index (χ0n) is 15.4. The van der Waals surface area contributed by atoms with Gasteiger partial charge in [-0.3, -0.25) is 4.79 Å². The molecule has 3 aromatic rings. The first-order chi connectivity index (χ1) is 13.4. The van der Waals surface area contributed by atoms with Crippen LogP contribution in [-0.2, 0) is 4.74 Å². The van der Waals surface area contributed by atoms with E-state index in [0.717, 1.165) is 5.56 Å². The number of halogens is 1. The number of ether oxygens (including phenoxy) is 1. The zero-order chi connectivity index (χ0) is 20.3. The van der Waals surface area contributed by atoms with Crippen LogP contribution in [0.4, 0.5) is 11.5 Å². The van der Waals surface area contributed by atoms with E-state index in [9.17, 15) is 9.59 Å². The molecule has 144 valence electrons. The van der Waals surface area contributed by atoms with Crippen molar-refractivity contribution in [2.75, 3.05) is 17.7 Å². The van der Waals surface area contributed by atoms with E-state index in [1.54, 1.807) is 43.3 Å². The molecule has 3 N–H and O–H groups in total. The first kappa shape index (κ1) is 19.4. The van der Waals surface area contributed by atoms with Crippen LogP contribution in [0.25, 0.3) is 5.69 Å². The third-order valence-corrected chi connectivity index (χ3v) is 4.36. The van der Waals surface area contributed by atoms with Crippen molar-refractivity contribution in [2.45, 2.75) is 13.8 Å². The molecule has 0 aliphatic heterocycles. The summed E-state index contributed by atoms with van der Waals surface area (Å²) in [4.78, 5) is 24.4. The summed E-state index contributed by atoms with van der Waals surface area (Å²) in [5.74, 6) is -0.623. The number of amides is 1. The van der Waals surface area contributed by atoms with Crippen LogP contribution in [0.5, 0.6) is 0 Å². The minimum Gasteiger partial charge on any atom is -0.462 e. The first-order valence-electron chi connectivity index (χ1n) is 8.59. The molecule has 8 heteroatoms. The zero-order valence-corrected chi connectivity index (χ0v) is 16.2. The van der Waals surface area contributed by atoms with Crippen molar-refractivity contribution >= 4 is 35.0 Å². The van der Waals surface area contributed by atoms with E-state index in [1.807, 2.05) is 13.0 Å². The molecule has 1 amide bonds. The van der Waals surface area contributed by atoms with Gasteiger partial charge in [-0.05, 0) is 55.8 Å². The third kappa shape index (κ3) is 3.99. The van der Waals surface area contributed by atoms with Crippen LogP contribution in [0.3, 0.4) is 0 Å². The molecule has 0 fully saturated rings. The second kappa shape index (κ2) is 8.14. The fraction of sp³-hybridized carbons (Fsp3) is 0.150. The number of nitrogen functional groups attached to an aromatic ring is 1. The van der Waals surface area contributed by atoms with Gasteiger partial charge in [0.1, 0.15) is 11.4 Å². The second-order valence-corrected chi connectivity index (χ2v) is 6.47. The summed E-state index contributed by atoms with van der Waals surface area (Å²) in [6.45, 7) is 3.85. The number of nitrogens with one attached hydrogen (secondary N) is 1.